The average Bonchev–Trinajstić information content (AvgIpc) is 2.61. The number of nitrogens with zero attached hydrogens (tertiary/aromatic N) is 3. The number of carbonyl (C=O) groups excluding carboxylic acids is 1. The Labute approximate surface area is 152 Å². The minimum Gasteiger partial charge on any atom is -0.385 e. The Hall–Kier alpha value is -1.43. The lowest BCUT2D eigenvalue weighted by Gasteiger charge is -2.38. The highest BCUT2D eigenvalue weighted by Gasteiger charge is 2.30. The predicted octanol–water partition coefficient (Wildman–Crippen LogP) is 2.17. The molecule has 5 nitrogen and oxygen atoms in total. The summed E-state index contributed by atoms with van der Waals surface area (Å²) in [5, 5.41) is 0. The Bertz CT molecular complexity index is 539. The maximum atomic E-state index is 13.1. The van der Waals surface area contributed by atoms with Crippen LogP contribution in [0.4, 0.5) is 0 Å². The van der Waals surface area contributed by atoms with E-state index in [0.29, 0.717) is 0 Å². The van der Waals surface area contributed by atoms with Crippen molar-refractivity contribution in [2.45, 2.75) is 25.8 Å². The van der Waals surface area contributed by atoms with Crippen LogP contribution >= 0.6 is 0 Å². The number of amides is 1. The molecule has 0 N–H and O–H groups in total. The quantitative estimate of drug-likeness (QED) is 0.675. The lowest BCUT2D eigenvalue weighted by molar-refractivity contribution is -0.138. The summed E-state index contributed by atoms with van der Waals surface area (Å²) < 4.78 is 5.10. The first-order valence-electron chi connectivity index (χ1n) is 9.26. The van der Waals surface area contributed by atoms with Gasteiger partial charge in [-0.15, -0.1) is 0 Å². The minimum atomic E-state index is -0.200. The van der Waals surface area contributed by atoms with Gasteiger partial charge in [-0.3, -0.25) is 14.6 Å². The molecular formula is C20H33N3O2. The zero-order valence-corrected chi connectivity index (χ0v) is 16.2. The number of hydrogen-bond donors (Lipinski definition) is 0. The van der Waals surface area contributed by atoms with Crippen molar-refractivity contribution in [2.75, 3.05) is 60.5 Å². The molecule has 0 saturated carbocycles. The van der Waals surface area contributed by atoms with Gasteiger partial charge in [0.15, 0.2) is 0 Å². The highest BCUT2D eigenvalue weighted by molar-refractivity contribution is 5.83. The lowest BCUT2D eigenvalue weighted by Crippen LogP contribution is -2.51. The van der Waals surface area contributed by atoms with Crippen molar-refractivity contribution >= 4 is 5.91 Å². The Morgan fingerprint density at radius 1 is 1.16 bits per heavy atom. The van der Waals surface area contributed by atoms with Crippen LogP contribution in [0.15, 0.2) is 24.3 Å². The molecule has 1 atom stereocenters. The van der Waals surface area contributed by atoms with Crippen LogP contribution in [0.1, 0.15) is 30.0 Å². The van der Waals surface area contributed by atoms with Crippen molar-refractivity contribution in [1.29, 1.82) is 0 Å². The number of rotatable bonds is 8. The van der Waals surface area contributed by atoms with E-state index in [1.165, 1.54) is 5.56 Å². The summed E-state index contributed by atoms with van der Waals surface area (Å²) in [6, 6.07) is 8.00. The molecule has 1 heterocycles. The van der Waals surface area contributed by atoms with Gasteiger partial charge < -0.3 is 9.64 Å². The van der Waals surface area contributed by atoms with Crippen molar-refractivity contribution in [3.63, 3.8) is 0 Å². The predicted molar refractivity (Wildman–Crippen MR) is 102 cm³/mol. The van der Waals surface area contributed by atoms with E-state index in [2.05, 4.69) is 24.0 Å². The van der Waals surface area contributed by atoms with Gasteiger partial charge in [0.25, 0.3) is 0 Å². The van der Waals surface area contributed by atoms with Crippen molar-refractivity contribution < 1.29 is 9.53 Å². The molecule has 1 aromatic rings. The van der Waals surface area contributed by atoms with Crippen molar-refractivity contribution in [3.05, 3.63) is 35.4 Å². The summed E-state index contributed by atoms with van der Waals surface area (Å²) >= 11 is 0. The third-order valence-corrected chi connectivity index (χ3v) is 4.99. The largest absolute Gasteiger partial charge is 0.385 e. The second-order valence-electron chi connectivity index (χ2n) is 7.09. The minimum absolute atomic E-state index is 0.200. The zero-order chi connectivity index (χ0) is 18.2. The third kappa shape index (κ3) is 5.53. The van der Waals surface area contributed by atoms with Crippen LogP contribution in [0.2, 0.25) is 0 Å². The number of carbonyl (C=O) groups is 1. The SMILES string of the molecule is COCCCCN1CCN(C(=O)[C@@H](c2ccccc2C)N(C)C)CC1. The first kappa shape index (κ1) is 19.9. The molecule has 1 aromatic carbocycles. The van der Waals surface area contributed by atoms with Crippen LogP contribution in [0.5, 0.6) is 0 Å². The van der Waals surface area contributed by atoms with E-state index in [-0.39, 0.29) is 11.9 Å². The molecule has 140 valence electrons. The Morgan fingerprint density at radius 2 is 1.84 bits per heavy atom. The molecule has 0 aromatic heterocycles. The lowest BCUT2D eigenvalue weighted by atomic mass is 9.99. The van der Waals surface area contributed by atoms with Crippen molar-refractivity contribution in [2.24, 2.45) is 0 Å². The molecule has 1 saturated heterocycles. The van der Waals surface area contributed by atoms with E-state index < -0.39 is 0 Å². The normalized spacial score (nSPS) is 17.1. The van der Waals surface area contributed by atoms with E-state index in [0.717, 1.165) is 57.7 Å². The monoisotopic (exact) mass is 347 g/mol. The van der Waals surface area contributed by atoms with E-state index >= 15 is 0 Å². The van der Waals surface area contributed by atoms with Gasteiger partial charge in [-0.05, 0) is 51.5 Å². The van der Waals surface area contributed by atoms with Gasteiger partial charge in [-0.25, -0.2) is 0 Å². The van der Waals surface area contributed by atoms with Crippen LogP contribution in [0.3, 0.4) is 0 Å². The Kier molecular flexibility index (Phi) is 7.88. The van der Waals surface area contributed by atoms with Crippen LogP contribution in [-0.4, -0.2) is 81.1 Å². The highest BCUT2D eigenvalue weighted by Crippen LogP contribution is 2.24. The molecule has 0 bridgehead atoms. The number of likely N-dealkylation sites (N-methyl/N-ethyl adjacent to an activating group) is 1. The van der Waals surface area contributed by atoms with E-state index in [4.69, 9.17) is 4.74 Å². The molecule has 0 radical (unpaired) electrons. The first-order chi connectivity index (χ1) is 12.0. The van der Waals surface area contributed by atoms with Gasteiger partial charge in [0.2, 0.25) is 5.91 Å². The number of benzene rings is 1. The van der Waals surface area contributed by atoms with Crippen LogP contribution in [-0.2, 0) is 9.53 Å². The number of ether oxygens (including phenoxy) is 1. The summed E-state index contributed by atoms with van der Waals surface area (Å²) in [7, 11) is 5.72. The molecule has 0 unspecified atom stereocenters. The fourth-order valence-corrected chi connectivity index (χ4v) is 3.47. The molecule has 1 aliphatic heterocycles. The molecule has 2 rings (SSSR count). The first-order valence-corrected chi connectivity index (χ1v) is 9.26. The van der Waals surface area contributed by atoms with Gasteiger partial charge in [0.1, 0.15) is 6.04 Å². The second kappa shape index (κ2) is 9.90. The zero-order valence-electron chi connectivity index (χ0n) is 16.2. The fraction of sp³-hybridized carbons (Fsp3) is 0.650. The van der Waals surface area contributed by atoms with Gasteiger partial charge in [-0.2, -0.15) is 0 Å². The molecular weight excluding hydrogens is 314 g/mol. The fourth-order valence-electron chi connectivity index (χ4n) is 3.47. The summed E-state index contributed by atoms with van der Waals surface area (Å²) in [5.74, 6) is 0.221. The highest BCUT2D eigenvalue weighted by atomic mass is 16.5. The molecule has 1 aliphatic rings. The summed E-state index contributed by atoms with van der Waals surface area (Å²) in [5.41, 5.74) is 2.28. The molecule has 0 aliphatic carbocycles. The second-order valence-corrected chi connectivity index (χ2v) is 7.09. The summed E-state index contributed by atoms with van der Waals surface area (Å²) in [6.45, 7) is 7.58. The maximum absolute atomic E-state index is 13.1. The number of methoxy groups -OCH3 is 1. The van der Waals surface area contributed by atoms with Crippen molar-refractivity contribution in [1.82, 2.24) is 14.7 Å². The van der Waals surface area contributed by atoms with E-state index in [9.17, 15) is 4.79 Å². The molecule has 0 spiro atoms. The third-order valence-electron chi connectivity index (χ3n) is 4.99. The average molecular weight is 348 g/mol. The number of aryl methyl sites for hydroxylation is 1. The topological polar surface area (TPSA) is 36.0 Å². The van der Waals surface area contributed by atoms with E-state index in [1.54, 1.807) is 7.11 Å². The van der Waals surface area contributed by atoms with Crippen LogP contribution in [0, 0.1) is 6.92 Å². The van der Waals surface area contributed by atoms with Crippen LogP contribution in [0.25, 0.3) is 0 Å². The molecule has 25 heavy (non-hydrogen) atoms. The maximum Gasteiger partial charge on any atom is 0.244 e. The van der Waals surface area contributed by atoms with Gasteiger partial charge in [0.05, 0.1) is 0 Å². The number of hydrogen-bond acceptors (Lipinski definition) is 4. The molecule has 1 fully saturated rings. The van der Waals surface area contributed by atoms with Gasteiger partial charge >= 0.3 is 0 Å². The van der Waals surface area contributed by atoms with Crippen LogP contribution < -0.4 is 0 Å². The molecule has 5 heteroatoms. The summed E-state index contributed by atoms with van der Waals surface area (Å²) in [4.78, 5) is 19.7. The Morgan fingerprint density at radius 3 is 2.44 bits per heavy atom. The number of piperazine rings is 1. The smallest absolute Gasteiger partial charge is 0.244 e. The van der Waals surface area contributed by atoms with Crippen molar-refractivity contribution in [3.8, 4) is 0 Å². The van der Waals surface area contributed by atoms with Gasteiger partial charge in [0, 0.05) is 39.9 Å². The Balaban J connectivity index is 1.92. The number of unbranched alkanes of at least 4 members (excludes halogenated alkanes) is 1. The summed E-state index contributed by atoms with van der Waals surface area (Å²) in [6.07, 6.45) is 2.26. The molecule has 1 amide bonds. The van der Waals surface area contributed by atoms with E-state index in [1.807, 2.05) is 36.0 Å². The van der Waals surface area contributed by atoms with Gasteiger partial charge in [-0.1, -0.05) is 24.3 Å². The standard InChI is InChI=1S/C20H33N3O2/c1-17-9-5-6-10-18(17)19(21(2)3)20(24)23-14-12-22(13-15-23)11-7-8-16-25-4/h5-6,9-10,19H,7-8,11-16H2,1-4H3/t19-/m1/s1.